The molecule has 0 bridgehead atoms. The van der Waals surface area contributed by atoms with Crippen molar-refractivity contribution in [3.05, 3.63) is 81.8 Å². The Balaban J connectivity index is 1.84. The van der Waals surface area contributed by atoms with Crippen LogP contribution in [-0.2, 0) is 20.0 Å². The minimum absolute atomic E-state index is 0.169. The smallest absolute Gasteiger partial charge is 0.263 e. The van der Waals surface area contributed by atoms with Gasteiger partial charge in [0, 0.05) is 31.7 Å². The third-order valence-corrected chi connectivity index (χ3v) is 4.55. The van der Waals surface area contributed by atoms with Crippen LogP contribution in [0.3, 0.4) is 0 Å². The van der Waals surface area contributed by atoms with Gasteiger partial charge in [0.2, 0.25) is 0 Å². The average Bonchev–Trinajstić information content (AvgIpc) is 3.18. The van der Waals surface area contributed by atoms with Crippen LogP contribution >= 0.6 is 0 Å². The van der Waals surface area contributed by atoms with Crippen molar-refractivity contribution in [2.45, 2.75) is 26.8 Å². The molecule has 3 aromatic rings. The van der Waals surface area contributed by atoms with Crippen LogP contribution in [0.5, 0.6) is 0 Å². The van der Waals surface area contributed by atoms with Gasteiger partial charge >= 0.3 is 0 Å². The molecule has 0 spiro atoms. The Labute approximate surface area is 152 Å². The standard InChI is InChI=1S/C20H22N4O2/c1-4-17-14(2)11-16(20(26)23(17)3)19(25)22-12-15-7-5-6-8-18(15)24-10-9-21-13-24/h5-11,13H,4,12H2,1-3H3,(H,22,25). The van der Waals surface area contributed by atoms with E-state index in [2.05, 4.69) is 10.3 Å². The summed E-state index contributed by atoms with van der Waals surface area (Å²) in [6, 6.07) is 9.43. The van der Waals surface area contributed by atoms with E-state index in [0.29, 0.717) is 6.54 Å². The minimum atomic E-state index is -0.364. The van der Waals surface area contributed by atoms with Crippen LogP contribution < -0.4 is 10.9 Å². The van der Waals surface area contributed by atoms with Crippen molar-refractivity contribution in [2.75, 3.05) is 0 Å². The van der Waals surface area contributed by atoms with Crippen LogP contribution in [0.15, 0.2) is 53.8 Å². The summed E-state index contributed by atoms with van der Waals surface area (Å²) in [6.45, 7) is 4.24. The van der Waals surface area contributed by atoms with Gasteiger partial charge in [-0.05, 0) is 36.6 Å². The van der Waals surface area contributed by atoms with Gasteiger partial charge in [-0.2, -0.15) is 0 Å². The largest absolute Gasteiger partial charge is 0.348 e. The summed E-state index contributed by atoms with van der Waals surface area (Å²) in [5, 5.41) is 2.86. The lowest BCUT2D eigenvalue weighted by molar-refractivity contribution is 0.0948. The number of hydrogen-bond acceptors (Lipinski definition) is 3. The monoisotopic (exact) mass is 350 g/mol. The molecule has 1 N–H and O–H groups in total. The number of aromatic nitrogens is 3. The first kappa shape index (κ1) is 17.7. The van der Waals surface area contributed by atoms with Crippen molar-refractivity contribution < 1.29 is 4.79 Å². The number of imidazole rings is 1. The number of amides is 1. The number of carbonyl (C=O) groups excluding carboxylic acids is 1. The molecule has 0 aliphatic rings. The Hall–Kier alpha value is -3.15. The maximum Gasteiger partial charge on any atom is 0.263 e. The Morgan fingerprint density at radius 3 is 2.73 bits per heavy atom. The van der Waals surface area contributed by atoms with E-state index in [1.807, 2.05) is 48.9 Å². The molecule has 134 valence electrons. The maximum absolute atomic E-state index is 12.6. The van der Waals surface area contributed by atoms with E-state index in [4.69, 9.17) is 0 Å². The normalized spacial score (nSPS) is 10.7. The highest BCUT2D eigenvalue weighted by molar-refractivity contribution is 5.94. The van der Waals surface area contributed by atoms with Gasteiger partial charge in [-0.3, -0.25) is 9.59 Å². The fourth-order valence-corrected chi connectivity index (χ4v) is 3.19. The first-order valence-corrected chi connectivity index (χ1v) is 8.56. The third kappa shape index (κ3) is 3.31. The summed E-state index contributed by atoms with van der Waals surface area (Å²) in [7, 11) is 1.71. The number of carbonyl (C=O) groups is 1. The number of rotatable bonds is 5. The summed E-state index contributed by atoms with van der Waals surface area (Å²) in [6.07, 6.45) is 6.02. The second-order valence-electron chi connectivity index (χ2n) is 6.19. The summed E-state index contributed by atoms with van der Waals surface area (Å²) >= 11 is 0. The molecule has 0 unspecified atom stereocenters. The highest BCUT2D eigenvalue weighted by Crippen LogP contribution is 2.14. The van der Waals surface area contributed by atoms with E-state index in [0.717, 1.165) is 28.9 Å². The molecular weight excluding hydrogens is 328 g/mol. The van der Waals surface area contributed by atoms with Crippen LogP contribution in [0.1, 0.15) is 34.1 Å². The fraction of sp³-hybridized carbons (Fsp3) is 0.250. The molecule has 0 aliphatic carbocycles. The Bertz CT molecular complexity index is 988. The van der Waals surface area contributed by atoms with Crippen molar-refractivity contribution in [3.8, 4) is 5.69 Å². The van der Waals surface area contributed by atoms with Gasteiger partial charge < -0.3 is 14.5 Å². The van der Waals surface area contributed by atoms with Crippen LogP contribution in [-0.4, -0.2) is 20.0 Å². The summed E-state index contributed by atoms with van der Waals surface area (Å²) in [5.41, 5.74) is 3.67. The number of benzene rings is 1. The van der Waals surface area contributed by atoms with Crippen LogP contribution in [0.4, 0.5) is 0 Å². The molecule has 26 heavy (non-hydrogen) atoms. The number of para-hydroxylation sites is 1. The lowest BCUT2D eigenvalue weighted by Crippen LogP contribution is -2.33. The second-order valence-corrected chi connectivity index (χ2v) is 6.19. The van der Waals surface area contributed by atoms with Crippen LogP contribution in [0.25, 0.3) is 5.69 Å². The van der Waals surface area contributed by atoms with Crippen LogP contribution in [0.2, 0.25) is 0 Å². The predicted octanol–water partition coefficient (Wildman–Crippen LogP) is 2.37. The fourth-order valence-electron chi connectivity index (χ4n) is 3.19. The van der Waals surface area contributed by atoms with Gasteiger partial charge in [0.05, 0.1) is 12.0 Å². The molecule has 6 nitrogen and oxygen atoms in total. The molecule has 6 heteroatoms. The zero-order valence-electron chi connectivity index (χ0n) is 15.2. The van der Waals surface area contributed by atoms with E-state index in [9.17, 15) is 9.59 Å². The first-order valence-electron chi connectivity index (χ1n) is 8.56. The van der Waals surface area contributed by atoms with E-state index >= 15 is 0 Å². The molecule has 1 amide bonds. The van der Waals surface area contributed by atoms with Crippen molar-refractivity contribution in [1.29, 1.82) is 0 Å². The molecule has 0 radical (unpaired) electrons. The molecule has 2 aromatic heterocycles. The van der Waals surface area contributed by atoms with Gasteiger partial charge in [-0.1, -0.05) is 25.1 Å². The molecule has 0 atom stereocenters. The highest BCUT2D eigenvalue weighted by atomic mass is 16.2. The van der Waals surface area contributed by atoms with Gasteiger partial charge in [-0.15, -0.1) is 0 Å². The molecule has 0 fully saturated rings. The van der Waals surface area contributed by atoms with Gasteiger partial charge in [-0.25, -0.2) is 4.98 Å². The Morgan fingerprint density at radius 1 is 1.27 bits per heavy atom. The lowest BCUT2D eigenvalue weighted by atomic mass is 10.1. The summed E-state index contributed by atoms with van der Waals surface area (Å²) in [4.78, 5) is 29.2. The third-order valence-electron chi connectivity index (χ3n) is 4.55. The van der Waals surface area contributed by atoms with E-state index in [1.165, 1.54) is 0 Å². The molecule has 0 saturated carbocycles. The highest BCUT2D eigenvalue weighted by Gasteiger charge is 2.15. The topological polar surface area (TPSA) is 68.9 Å². The molecular formula is C20H22N4O2. The number of hydrogen-bond donors (Lipinski definition) is 1. The lowest BCUT2D eigenvalue weighted by Gasteiger charge is -2.14. The summed E-state index contributed by atoms with van der Waals surface area (Å²) in [5.74, 6) is -0.364. The molecule has 2 heterocycles. The van der Waals surface area contributed by atoms with Crippen molar-refractivity contribution >= 4 is 5.91 Å². The summed E-state index contributed by atoms with van der Waals surface area (Å²) < 4.78 is 3.45. The molecule has 0 saturated heterocycles. The van der Waals surface area contributed by atoms with Gasteiger partial charge in [0.1, 0.15) is 5.56 Å². The first-order chi connectivity index (χ1) is 12.5. The maximum atomic E-state index is 12.6. The quantitative estimate of drug-likeness (QED) is 0.768. The second kappa shape index (κ2) is 7.39. The molecule has 3 rings (SSSR count). The Kier molecular flexibility index (Phi) is 5.02. The number of aryl methyl sites for hydroxylation is 1. The predicted molar refractivity (Wildman–Crippen MR) is 101 cm³/mol. The van der Waals surface area contributed by atoms with E-state index < -0.39 is 0 Å². The number of nitrogens with one attached hydrogen (secondary N) is 1. The van der Waals surface area contributed by atoms with E-state index in [-0.39, 0.29) is 17.0 Å². The van der Waals surface area contributed by atoms with Gasteiger partial charge in [0.25, 0.3) is 11.5 Å². The minimum Gasteiger partial charge on any atom is -0.348 e. The number of pyridine rings is 1. The van der Waals surface area contributed by atoms with Gasteiger partial charge in [0.15, 0.2) is 0 Å². The average molecular weight is 350 g/mol. The van der Waals surface area contributed by atoms with Crippen molar-refractivity contribution in [3.63, 3.8) is 0 Å². The molecule has 0 aliphatic heterocycles. The van der Waals surface area contributed by atoms with Crippen molar-refractivity contribution in [2.24, 2.45) is 7.05 Å². The zero-order chi connectivity index (χ0) is 18.7. The van der Waals surface area contributed by atoms with Crippen LogP contribution in [0, 0.1) is 6.92 Å². The SMILES string of the molecule is CCc1c(C)cc(C(=O)NCc2ccccc2-n2ccnc2)c(=O)n1C. The molecule has 1 aromatic carbocycles. The number of nitrogens with zero attached hydrogens (tertiary/aromatic N) is 3. The Morgan fingerprint density at radius 2 is 2.04 bits per heavy atom. The zero-order valence-corrected chi connectivity index (χ0v) is 15.2. The van der Waals surface area contributed by atoms with E-state index in [1.54, 1.807) is 30.2 Å². The van der Waals surface area contributed by atoms with Crippen molar-refractivity contribution in [1.82, 2.24) is 19.4 Å².